The second-order valence-electron chi connectivity index (χ2n) is 6.18. The quantitative estimate of drug-likeness (QED) is 0.454. The van der Waals surface area contributed by atoms with Gasteiger partial charge in [0.15, 0.2) is 17.2 Å². The molecule has 29 heavy (non-hydrogen) atoms. The van der Waals surface area contributed by atoms with Crippen molar-refractivity contribution in [2.45, 2.75) is 20.3 Å². The molecule has 0 N–H and O–H groups in total. The summed E-state index contributed by atoms with van der Waals surface area (Å²) in [5.41, 5.74) is 1.52. The highest BCUT2D eigenvalue weighted by Gasteiger charge is 2.24. The van der Waals surface area contributed by atoms with Gasteiger partial charge in [0.25, 0.3) is 0 Å². The number of rotatable bonds is 8. The van der Waals surface area contributed by atoms with Gasteiger partial charge in [-0.25, -0.2) is 9.79 Å². The van der Waals surface area contributed by atoms with Crippen LogP contribution in [-0.4, -0.2) is 32.2 Å². The Morgan fingerprint density at radius 3 is 2.55 bits per heavy atom. The number of benzene rings is 2. The molecule has 0 atom stereocenters. The molecule has 1 heterocycles. The van der Waals surface area contributed by atoms with Gasteiger partial charge in [-0.1, -0.05) is 18.5 Å². The fraction of sp³-hybridized carbons (Fsp3) is 0.273. The summed E-state index contributed by atoms with van der Waals surface area (Å²) >= 11 is 6.38. The van der Waals surface area contributed by atoms with Crippen LogP contribution in [0.1, 0.15) is 31.4 Å². The highest BCUT2D eigenvalue weighted by atomic mass is 35.5. The minimum atomic E-state index is -0.531. The fourth-order valence-electron chi connectivity index (χ4n) is 2.70. The van der Waals surface area contributed by atoms with Crippen LogP contribution in [0.15, 0.2) is 47.1 Å². The molecule has 0 bridgehead atoms. The number of carbonyl (C=O) groups is 1. The lowest BCUT2D eigenvalue weighted by atomic mass is 10.1. The van der Waals surface area contributed by atoms with Gasteiger partial charge in [-0.2, -0.15) is 0 Å². The SMILES string of the molecule is CCCOc1c(Cl)cc(/C=C2/N=C(c3ccc(OC)cc3)OC2=O)cc1OCC. The van der Waals surface area contributed by atoms with E-state index in [0.717, 1.165) is 6.42 Å². The summed E-state index contributed by atoms with van der Waals surface area (Å²) in [5, 5.41) is 0.405. The van der Waals surface area contributed by atoms with Crippen LogP contribution in [-0.2, 0) is 9.53 Å². The maximum absolute atomic E-state index is 12.3. The average Bonchev–Trinajstić information content (AvgIpc) is 3.08. The molecule has 3 rings (SSSR count). The third-order valence-electron chi connectivity index (χ3n) is 4.04. The Hall–Kier alpha value is -2.99. The first-order chi connectivity index (χ1) is 14.0. The van der Waals surface area contributed by atoms with Crippen molar-refractivity contribution in [3.63, 3.8) is 0 Å². The number of carbonyl (C=O) groups excluding carboxylic acids is 1. The van der Waals surface area contributed by atoms with E-state index in [1.165, 1.54) is 0 Å². The minimum Gasteiger partial charge on any atom is -0.497 e. The lowest BCUT2D eigenvalue weighted by molar-refractivity contribution is -0.129. The molecule has 2 aromatic rings. The maximum Gasteiger partial charge on any atom is 0.363 e. The fourth-order valence-corrected chi connectivity index (χ4v) is 2.98. The highest BCUT2D eigenvalue weighted by Crippen LogP contribution is 2.37. The number of esters is 1. The number of nitrogens with zero attached hydrogens (tertiary/aromatic N) is 1. The number of cyclic esters (lactones) is 1. The Morgan fingerprint density at radius 2 is 1.90 bits per heavy atom. The van der Waals surface area contributed by atoms with E-state index >= 15 is 0 Å². The summed E-state index contributed by atoms with van der Waals surface area (Å²) in [4.78, 5) is 16.6. The molecule has 0 amide bonds. The van der Waals surface area contributed by atoms with Crippen LogP contribution in [0.5, 0.6) is 17.2 Å². The molecule has 6 nitrogen and oxygen atoms in total. The molecule has 0 spiro atoms. The van der Waals surface area contributed by atoms with Gasteiger partial charge >= 0.3 is 5.97 Å². The van der Waals surface area contributed by atoms with Crippen LogP contribution in [0.2, 0.25) is 5.02 Å². The van der Waals surface area contributed by atoms with Crippen molar-refractivity contribution in [2.24, 2.45) is 4.99 Å². The van der Waals surface area contributed by atoms with E-state index < -0.39 is 5.97 Å². The topological polar surface area (TPSA) is 66.3 Å². The van der Waals surface area contributed by atoms with Crippen LogP contribution in [0, 0.1) is 0 Å². The van der Waals surface area contributed by atoms with Crippen molar-refractivity contribution in [2.75, 3.05) is 20.3 Å². The molecular weight excluding hydrogens is 394 g/mol. The van der Waals surface area contributed by atoms with Crippen LogP contribution in [0.4, 0.5) is 0 Å². The summed E-state index contributed by atoms with van der Waals surface area (Å²) in [6.45, 7) is 4.88. The van der Waals surface area contributed by atoms with E-state index in [-0.39, 0.29) is 11.6 Å². The molecule has 0 radical (unpaired) electrons. The van der Waals surface area contributed by atoms with Crippen LogP contribution in [0.25, 0.3) is 6.08 Å². The molecule has 0 unspecified atom stereocenters. The summed E-state index contributed by atoms with van der Waals surface area (Å²) < 4.78 is 21.8. The minimum absolute atomic E-state index is 0.177. The number of hydrogen-bond acceptors (Lipinski definition) is 6. The Morgan fingerprint density at radius 1 is 1.14 bits per heavy atom. The molecule has 152 valence electrons. The first kappa shape index (κ1) is 20.7. The molecule has 1 aliphatic heterocycles. The zero-order valence-electron chi connectivity index (χ0n) is 16.5. The smallest absolute Gasteiger partial charge is 0.363 e. The van der Waals surface area contributed by atoms with Gasteiger partial charge in [0.1, 0.15) is 5.75 Å². The Kier molecular flexibility index (Phi) is 6.77. The van der Waals surface area contributed by atoms with E-state index in [9.17, 15) is 4.79 Å². The molecule has 0 saturated carbocycles. The molecule has 1 aliphatic rings. The molecule has 0 saturated heterocycles. The van der Waals surface area contributed by atoms with Crippen molar-refractivity contribution in [1.29, 1.82) is 0 Å². The Labute approximate surface area is 174 Å². The monoisotopic (exact) mass is 415 g/mol. The summed E-state index contributed by atoms with van der Waals surface area (Å²) in [6.07, 6.45) is 2.46. The molecule has 0 aromatic heterocycles. The molecular formula is C22H22ClNO5. The third kappa shape index (κ3) is 4.90. The Balaban J connectivity index is 1.91. The van der Waals surface area contributed by atoms with Crippen molar-refractivity contribution in [3.8, 4) is 17.2 Å². The predicted molar refractivity (Wildman–Crippen MR) is 112 cm³/mol. The standard InChI is InChI=1S/C22H22ClNO5/c1-4-10-28-20-17(23)11-14(13-19(20)27-5-2)12-18-22(25)29-21(24-18)15-6-8-16(26-3)9-7-15/h6-9,11-13H,4-5,10H2,1-3H3/b18-12+. The number of halogens is 1. The summed E-state index contributed by atoms with van der Waals surface area (Å²) in [5.74, 6) is 1.43. The van der Waals surface area contributed by atoms with Gasteiger partial charge in [0, 0.05) is 5.56 Å². The zero-order valence-corrected chi connectivity index (χ0v) is 17.3. The van der Waals surface area contributed by atoms with Crippen LogP contribution >= 0.6 is 11.6 Å². The third-order valence-corrected chi connectivity index (χ3v) is 4.32. The Bertz CT molecular complexity index is 950. The molecule has 0 aliphatic carbocycles. The number of methoxy groups -OCH3 is 1. The number of hydrogen-bond donors (Lipinski definition) is 0. The van der Waals surface area contributed by atoms with Crippen LogP contribution < -0.4 is 14.2 Å². The van der Waals surface area contributed by atoms with Crippen molar-refractivity contribution < 1.29 is 23.7 Å². The van der Waals surface area contributed by atoms with Crippen LogP contribution in [0.3, 0.4) is 0 Å². The van der Waals surface area contributed by atoms with Gasteiger partial charge in [0.05, 0.1) is 25.3 Å². The van der Waals surface area contributed by atoms with Crippen molar-refractivity contribution >= 4 is 29.5 Å². The number of aliphatic imine (C=N–C) groups is 1. The van der Waals surface area contributed by atoms with Gasteiger partial charge < -0.3 is 18.9 Å². The van der Waals surface area contributed by atoms with E-state index in [2.05, 4.69) is 4.99 Å². The largest absolute Gasteiger partial charge is 0.497 e. The first-order valence-corrected chi connectivity index (χ1v) is 9.69. The van der Waals surface area contributed by atoms with Gasteiger partial charge in [-0.15, -0.1) is 0 Å². The van der Waals surface area contributed by atoms with E-state index in [0.29, 0.717) is 46.6 Å². The van der Waals surface area contributed by atoms with Gasteiger partial charge in [0.2, 0.25) is 5.90 Å². The molecule has 0 fully saturated rings. The van der Waals surface area contributed by atoms with Crippen molar-refractivity contribution in [1.82, 2.24) is 0 Å². The molecule has 2 aromatic carbocycles. The average molecular weight is 416 g/mol. The maximum atomic E-state index is 12.3. The van der Waals surface area contributed by atoms with E-state index in [4.69, 9.17) is 30.5 Å². The second-order valence-corrected chi connectivity index (χ2v) is 6.58. The normalized spacial score (nSPS) is 14.6. The highest BCUT2D eigenvalue weighted by molar-refractivity contribution is 6.32. The van der Waals surface area contributed by atoms with E-state index in [1.807, 2.05) is 13.8 Å². The van der Waals surface area contributed by atoms with Crippen molar-refractivity contribution in [3.05, 3.63) is 58.2 Å². The van der Waals surface area contributed by atoms with E-state index in [1.54, 1.807) is 49.6 Å². The molecule has 7 heteroatoms. The van der Waals surface area contributed by atoms with Gasteiger partial charge in [-0.05, 0) is 61.4 Å². The first-order valence-electron chi connectivity index (χ1n) is 9.31. The summed E-state index contributed by atoms with van der Waals surface area (Å²) in [7, 11) is 1.59. The predicted octanol–water partition coefficient (Wildman–Crippen LogP) is 4.88. The van der Waals surface area contributed by atoms with Gasteiger partial charge in [-0.3, -0.25) is 0 Å². The zero-order chi connectivity index (χ0) is 20.8. The lowest BCUT2D eigenvalue weighted by Crippen LogP contribution is -2.05. The lowest BCUT2D eigenvalue weighted by Gasteiger charge is -2.14. The summed E-state index contributed by atoms with van der Waals surface area (Å²) in [6, 6.07) is 10.6. The second kappa shape index (κ2) is 9.47. The number of ether oxygens (including phenoxy) is 4.